The summed E-state index contributed by atoms with van der Waals surface area (Å²) in [5, 5.41) is 13.2. The van der Waals surface area contributed by atoms with Gasteiger partial charge in [0.05, 0.1) is 34.0 Å². The van der Waals surface area contributed by atoms with Gasteiger partial charge >= 0.3 is 0 Å². The first kappa shape index (κ1) is 24.2. The molecule has 2 aromatic rings. The Morgan fingerprint density at radius 2 is 1.46 bits per heavy atom. The lowest BCUT2D eigenvalue weighted by Crippen LogP contribution is -2.44. The minimum absolute atomic E-state index is 0.711. The highest BCUT2D eigenvalue weighted by molar-refractivity contribution is 5.78. The van der Waals surface area contributed by atoms with Crippen molar-refractivity contribution >= 4 is 11.1 Å². The first-order valence-corrected chi connectivity index (χ1v) is 14.7. The van der Waals surface area contributed by atoms with Crippen LogP contribution in [-0.2, 0) is 12.8 Å². The Morgan fingerprint density at radius 1 is 0.805 bits per heavy atom. The van der Waals surface area contributed by atoms with Gasteiger partial charge in [-0.1, -0.05) is 57.9 Å². The van der Waals surface area contributed by atoms with E-state index in [0.29, 0.717) is 6.54 Å². The lowest BCUT2D eigenvalue weighted by atomic mass is 9.97. The molecule has 0 spiro atoms. The van der Waals surface area contributed by atoms with E-state index in [1.54, 1.807) is 0 Å². The van der Waals surface area contributed by atoms with E-state index in [9.17, 15) is 0 Å². The van der Waals surface area contributed by atoms with Crippen molar-refractivity contribution in [1.29, 1.82) is 0 Å². The van der Waals surface area contributed by atoms with Crippen molar-refractivity contribution < 1.29 is 0 Å². The van der Waals surface area contributed by atoms with Crippen LogP contribution in [0.5, 0.6) is 0 Å². The molecule has 4 heterocycles. The molecule has 4 aliphatic heterocycles. The number of hydrogen-bond donors (Lipinski definition) is 2. The Labute approximate surface area is 239 Å². The third-order valence-corrected chi connectivity index (χ3v) is 8.68. The summed E-state index contributed by atoms with van der Waals surface area (Å²) in [6.45, 7) is 3.26. The van der Waals surface area contributed by atoms with Gasteiger partial charge in [-0.2, -0.15) is 0 Å². The van der Waals surface area contributed by atoms with E-state index in [0.717, 1.165) is 45.6 Å². The summed E-state index contributed by atoms with van der Waals surface area (Å²) in [6.07, 6.45) is 26.4. The molecular formula is C34H35N7+2. The first-order chi connectivity index (χ1) is 20.3. The highest BCUT2D eigenvalue weighted by Gasteiger charge is 2.36. The highest BCUT2D eigenvalue weighted by Crippen LogP contribution is 2.25. The number of hydrogen-bond acceptors (Lipinski definition) is 5. The molecule has 0 saturated heterocycles. The van der Waals surface area contributed by atoms with Crippen molar-refractivity contribution in [3.8, 4) is 0 Å². The highest BCUT2D eigenvalue weighted by atomic mass is 15.6. The third kappa shape index (κ3) is 3.84. The summed E-state index contributed by atoms with van der Waals surface area (Å²) in [5.41, 5.74) is 13.7. The van der Waals surface area contributed by atoms with Crippen LogP contribution in [0.3, 0.4) is 0 Å². The summed E-state index contributed by atoms with van der Waals surface area (Å²) < 4.78 is 4.80. The van der Waals surface area contributed by atoms with Crippen LogP contribution in [0.4, 0.5) is 0 Å². The number of nitrogens with zero attached hydrogens (tertiary/aromatic N) is 5. The molecule has 0 unspecified atom stereocenters. The van der Waals surface area contributed by atoms with E-state index in [1.165, 1.54) is 54.8 Å². The van der Waals surface area contributed by atoms with E-state index < -0.39 is 0 Å². The number of hydrazine groups is 2. The quantitative estimate of drug-likeness (QED) is 0.504. The topological polar surface area (TPSA) is 53.8 Å². The second-order valence-electron chi connectivity index (χ2n) is 11.2. The monoisotopic (exact) mass is 541 g/mol. The number of benzene rings is 2. The minimum atomic E-state index is 0.711. The summed E-state index contributed by atoms with van der Waals surface area (Å²) in [7, 11) is 0. The maximum Gasteiger partial charge on any atom is 0.244 e. The molecule has 0 aromatic heterocycles. The van der Waals surface area contributed by atoms with Crippen LogP contribution in [0.25, 0.3) is 11.1 Å². The molecule has 8 rings (SSSR count). The number of nitrogens with one attached hydrogen (secondary N) is 1. The largest absolute Gasteiger partial charge is 0.368 e. The molecule has 2 aliphatic carbocycles. The maximum absolute atomic E-state index is 5.80. The van der Waals surface area contributed by atoms with Gasteiger partial charge in [0.25, 0.3) is 0 Å². The van der Waals surface area contributed by atoms with Crippen molar-refractivity contribution in [2.45, 2.75) is 25.7 Å². The van der Waals surface area contributed by atoms with Crippen LogP contribution < -0.4 is 41.6 Å². The van der Waals surface area contributed by atoms with E-state index in [2.05, 4.69) is 121 Å². The second kappa shape index (κ2) is 9.78. The average molecular weight is 542 g/mol. The van der Waals surface area contributed by atoms with Gasteiger partial charge in [0.1, 0.15) is 13.3 Å². The van der Waals surface area contributed by atoms with Crippen molar-refractivity contribution in [1.82, 2.24) is 29.6 Å². The molecule has 204 valence electrons. The van der Waals surface area contributed by atoms with Crippen LogP contribution in [-0.4, -0.2) is 41.3 Å². The Balaban J connectivity index is 1.22. The van der Waals surface area contributed by atoms with E-state index >= 15 is 0 Å². The Kier molecular flexibility index (Phi) is 5.77. The Bertz CT molecular complexity index is 1900. The molecule has 2 aromatic carbocycles. The predicted octanol–water partition coefficient (Wildman–Crippen LogP) is 0.639. The van der Waals surface area contributed by atoms with Crippen molar-refractivity contribution in [3.63, 3.8) is 0 Å². The van der Waals surface area contributed by atoms with Crippen LogP contribution in [0, 0.1) is 0 Å². The summed E-state index contributed by atoms with van der Waals surface area (Å²) in [6, 6.07) is 13.4. The number of rotatable bonds is 7. The molecule has 7 heteroatoms. The van der Waals surface area contributed by atoms with Gasteiger partial charge in [0.2, 0.25) is 22.1 Å². The molecule has 0 saturated carbocycles. The fourth-order valence-electron chi connectivity index (χ4n) is 6.90. The van der Waals surface area contributed by atoms with E-state index in [4.69, 9.17) is 5.73 Å². The average Bonchev–Trinajstić information content (AvgIpc) is 3.80. The van der Waals surface area contributed by atoms with Crippen molar-refractivity contribution in [2.24, 2.45) is 5.73 Å². The lowest BCUT2D eigenvalue weighted by Gasteiger charge is -2.18. The van der Waals surface area contributed by atoms with Crippen LogP contribution in [0.1, 0.15) is 24.0 Å². The third-order valence-electron chi connectivity index (χ3n) is 8.68. The summed E-state index contributed by atoms with van der Waals surface area (Å²) in [5.74, 6) is 0. The summed E-state index contributed by atoms with van der Waals surface area (Å²) >= 11 is 0. The van der Waals surface area contributed by atoms with Crippen LogP contribution in [0.2, 0.25) is 0 Å². The fourth-order valence-corrected chi connectivity index (χ4v) is 6.90. The lowest BCUT2D eigenvalue weighted by molar-refractivity contribution is 0.190. The standard InChI is InChI=1S/C34H35N7/c35-17-6-19-37-21-22-39(24-37)41-30(28-12-2-8-26-10-4-16-32(41)34(26)28)14-5-13-29-27-11-1-7-25-9-3-15-31(33(25)27)40(29)38-20-18-36-23-38/h1-4,9-16,18,20-22,36H,5-8,17,19,23-24,35H2/q+2. The molecule has 0 fully saturated rings. The summed E-state index contributed by atoms with van der Waals surface area (Å²) in [4.78, 5) is 2.35. The Hall–Kier alpha value is -4.62. The van der Waals surface area contributed by atoms with E-state index in [-0.39, 0.29) is 0 Å². The van der Waals surface area contributed by atoms with Crippen molar-refractivity contribution in [3.05, 3.63) is 141 Å². The second-order valence-corrected chi connectivity index (χ2v) is 11.2. The molecule has 0 amide bonds. The zero-order chi connectivity index (χ0) is 27.3. The fraction of sp³-hybridized carbons (Fsp3) is 0.235. The zero-order valence-electron chi connectivity index (χ0n) is 23.2. The van der Waals surface area contributed by atoms with Crippen LogP contribution >= 0.6 is 0 Å². The number of nitrogens with two attached hydrogens (primary N) is 1. The first-order valence-electron chi connectivity index (χ1n) is 14.7. The van der Waals surface area contributed by atoms with Gasteiger partial charge in [-0.05, 0) is 55.5 Å². The molecule has 7 nitrogen and oxygen atoms in total. The molecule has 0 radical (unpaired) electrons. The van der Waals surface area contributed by atoms with Gasteiger partial charge in [-0.3, -0.25) is 0 Å². The van der Waals surface area contributed by atoms with Crippen LogP contribution in [0.15, 0.2) is 109 Å². The molecule has 41 heavy (non-hydrogen) atoms. The predicted molar refractivity (Wildman–Crippen MR) is 162 cm³/mol. The molecule has 0 bridgehead atoms. The molecule has 3 N–H and O–H groups in total. The Morgan fingerprint density at radius 3 is 2.07 bits per heavy atom. The molecular weight excluding hydrogens is 506 g/mol. The maximum atomic E-state index is 5.80. The van der Waals surface area contributed by atoms with Crippen molar-refractivity contribution in [2.75, 3.05) is 26.4 Å². The molecule has 0 atom stereocenters. The normalized spacial score (nSPS) is 21.3. The SMILES string of the molecule is NCCCN1C=CN([N+]2=c3cccc4c3=C(C=CC4)C2=CCC=C2C3=c4c(cccc4=[N+]2N2C=CNC2)CC=C3)C1. The van der Waals surface area contributed by atoms with Gasteiger partial charge in [0.15, 0.2) is 0 Å². The smallest absolute Gasteiger partial charge is 0.244 e. The molecule has 6 aliphatic rings. The van der Waals surface area contributed by atoms with Gasteiger partial charge in [0, 0.05) is 31.1 Å². The van der Waals surface area contributed by atoms with Gasteiger partial charge < -0.3 is 16.0 Å². The van der Waals surface area contributed by atoms with Gasteiger partial charge in [-0.25, -0.2) is 0 Å². The zero-order valence-corrected chi connectivity index (χ0v) is 23.2. The minimum Gasteiger partial charge on any atom is -0.368 e. The van der Waals surface area contributed by atoms with E-state index in [1.807, 2.05) is 6.20 Å². The number of allylic oxidation sites excluding steroid dienone is 6. The van der Waals surface area contributed by atoms with Gasteiger partial charge in [-0.15, -0.1) is 10.0 Å².